The molecular formula is C14H23ClN2O3. The van der Waals surface area contributed by atoms with E-state index in [9.17, 15) is 0 Å². The van der Waals surface area contributed by atoms with Crippen molar-refractivity contribution in [1.29, 1.82) is 0 Å². The Kier molecular flexibility index (Phi) is 7.69. The second-order valence-corrected chi connectivity index (χ2v) is 4.55. The first-order chi connectivity index (χ1) is 9.31. The first-order valence-electron chi connectivity index (χ1n) is 6.62. The summed E-state index contributed by atoms with van der Waals surface area (Å²) in [7, 11) is 1.65. The van der Waals surface area contributed by atoms with Gasteiger partial charge < -0.3 is 19.9 Å². The van der Waals surface area contributed by atoms with Crippen LogP contribution in [0.15, 0.2) is 24.3 Å². The molecule has 0 aliphatic carbocycles. The zero-order valence-corrected chi connectivity index (χ0v) is 12.6. The van der Waals surface area contributed by atoms with E-state index in [4.69, 9.17) is 19.9 Å². The Labute approximate surface area is 126 Å². The van der Waals surface area contributed by atoms with Crippen LogP contribution in [-0.2, 0) is 4.74 Å². The van der Waals surface area contributed by atoms with E-state index in [0.717, 1.165) is 37.7 Å². The van der Waals surface area contributed by atoms with E-state index >= 15 is 0 Å². The number of rotatable bonds is 6. The predicted molar refractivity (Wildman–Crippen MR) is 81.0 cm³/mol. The Hall–Kier alpha value is -1.01. The number of nitrogens with zero attached hydrogens (tertiary/aromatic N) is 1. The number of morpholine rings is 1. The molecule has 20 heavy (non-hydrogen) atoms. The minimum Gasteiger partial charge on any atom is -0.497 e. The van der Waals surface area contributed by atoms with E-state index in [0.29, 0.717) is 13.2 Å². The highest BCUT2D eigenvalue weighted by molar-refractivity contribution is 5.85. The second-order valence-electron chi connectivity index (χ2n) is 4.55. The summed E-state index contributed by atoms with van der Waals surface area (Å²) in [5, 5.41) is 0. The van der Waals surface area contributed by atoms with Gasteiger partial charge in [0.2, 0.25) is 0 Å². The molecule has 1 aromatic rings. The standard InChI is InChI=1S/C14H22N2O3.ClH/c1-17-12-2-4-13(5-3-12)18-8-6-16-7-9-19-14(10-15)11-16;/h2-5,14H,6-11,15H2,1H3;1H. The summed E-state index contributed by atoms with van der Waals surface area (Å²) in [4.78, 5) is 2.32. The normalized spacial score (nSPS) is 19.2. The van der Waals surface area contributed by atoms with Crippen molar-refractivity contribution < 1.29 is 14.2 Å². The average Bonchev–Trinajstić information content (AvgIpc) is 2.48. The lowest BCUT2D eigenvalue weighted by Gasteiger charge is -2.32. The van der Waals surface area contributed by atoms with Gasteiger partial charge in [0.25, 0.3) is 0 Å². The number of methoxy groups -OCH3 is 1. The van der Waals surface area contributed by atoms with Crippen LogP contribution in [0.4, 0.5) is 0 Å². The Morgan fingerprint density at radius 3 is 2.65 bits per heavy atom. The highest BCUT2D eigenvalue weighted by atomic mass is 35.5. The van der Waals surface area contributed by atoms with Gasteiger partial charge in [-0.3, -0.25) is 4.90 Å². The fraction of sp³-hybridized carbons (Fsp3) is 0.571. The van der Waals surface area contributed by atoms with Gasteiger partial charge in [-0.1, -0.05) is 0 Å². The summed E-state index contributed by atoms with van der Waals surface area (Å²) < 4.78 is 16.3. The highest BCUT2D eigenvalue weighted by Crippen LogP contribution is 2.16. The quantitative estimate of drug-likeness (QED) is 0.854. The van der Waals surface area contributed by atoms with Crippen molar-refractivity contribution in [2.24, 2.45) is 5.73 Å². The lowest BCUT2D eigenvalue weighted by molar-refractivity contribution is -0.0261. The van der Waals surface area contributed by atoms with E-state index in [1.807, 2.05) is 24.3 Å². The molecule has 1 heterocycles. The van der Waals surface area contributed by atoms with Gasteiger partial charge in [0.15, 0.2) is 0 Å². The van der Waals surface area contributed by atoms with Gasteiger partial charge in [-0.2, -0.15) is 0 Å². The fourth-order valence-corrected chi connectivity index (χ4v) is 2.09. The largest absolute Gasteiger partial charge is 0.497 e. The van der Waals surface area contributed by atoms with Crippen molar-refractivity contribution >= 4 is 12.4 Å². The minimum absolute atomic E-state index is 0. The summed E-state index contributed by atoms with van der Waals surface area (Å²) in [6, 6.07) is 7.63. The molecule has 1 atom stereocenters. The molecule has 1 aliphatic rings. The molecule has 114 valence electrons. The second kappa shape index (κ2) is 9.02. The molecule has 0 saturated carbocycles. The lowest BCUT2D eigenvalue weighted by Crippen LogP contribution is -2.46. The van der Waals surface area contributed by atoms with Crippen molar-refractivity contribution in [3.63, 3.8) is 0 Å². The maximum Gasteiger partial charge on any atom is 0.119 e. The summed E-state index contributed by atoms with van der Waals surface area (Å²) in [6.07, 6.45) is 0.162. The van der Waals surface area contributed by atoms with E-state index in [1.54, 1.807) is 7.11 Å². The first-order valence-corrected chi connectivity index (χ1v) is 6.62. The molecule has 0 radical (unpaired) electrons. The summed E-state index contributed by atoms with van der Waals surface area (Å²) in [5.74, 6) is 1.70. The van der Waals surface area contributed by atoms with Crippen molar-refractivity contribution in [2.75, 3.05) is 46.5 Å². The number of hydrogen-bond acceptors (Lipinski definition) is 5. The van der Waals surface area contributed by atoms with Gasteiger partial charge in [-0.15, -0.1) is 12.4 Å². The van der Waals surface area contributed by atoms with E-state index in [2.05, 4.69) is 4.90 Å². The molecule has 5 nitrogen and oxygen atoms in total. The Bertz CT molecular complexity index is 375. The molecule has 2 rings (SSSR count). The highest BCUT2D eigenvalue weighted by Gasteiger charge is 2.18. The number of halogens is 1. The number of ether oxygens (including phenoxy) is 3. The van der Waals surface area contributed by atoms with Crippen LogP contribution < -0.4 is 15.2 Å². The van der Waals surface area contributed by atoms with Crippen molar-refractivity contribution in [2.45, 2.75) is 6.10 Å². The monoisotopic (exact) mass is 302 g/mol. The third-order valence-corrected chi connectivity index (χ3v) is 3.22. The van der Waals surface area contributed by atoms with Gasteiger partial charge in [-0.05, 0) is 24.3 Å². The zero-order valence-electron chi connectivity index (χ0n) is 11.8. The van der Waals surface area contributed by atoms with Crippen molar-refractivity contribution in [1.82, 2.24) is 4.90 Å². The molecule has 2 N–H and O–H groups in total. The van der Waals surface area contributed by atoms with Crippen LogP contribution in [0, 0.1) is 0 Å². The Balaban J connectivity index is 0.00000200. The number of benzene rings is 1. The Morgan fingerprint density at radius 1 is 1.30 bits per heavy atom. The maximum absolute atomic E-state index is 5.71. The van der Waals surface area contributed by atoms with Crippen LogP contribution in [-0.4, -0.2) is 57.5 Å². The van der Waals surface area contributed by atoms with Crippen LogP contribution >= 0.6 is 12.4 Å². The van der Waals surface area contributed by atoms with Crippen LogP contribution in [0.25, 0.3) is 0 Å². The predicted octanol–water partition coefficient (Wildman–Crippen LogP) is 1.16. The van der Waals surface area contributed by atoms with Gasteiger partial charge in [0.1, 0.15) is 18.1 Å². The molecule has 6 heteroatoms. The number of nitrogens with two attached hydrogens (primary N) is 1. The maximum atomic E-state index is 5.71. The molecule has 0 amide bonds. The van der Waals surface area contributed by atoms with Crippen molar-refractivity contribution in [3.8, 4) is 11.5 Å². The van der Waals surface area contributed by atoms with Gasteiger partial charge in [0.05, 0.1) is 19.8 Å². The molecule has 1 fully saturated rings. The minimum atomic E-state index is 0. The third kappa shape index (κ3) is 5.17. The topological polar surface area (TPSA) is 57.0 Å². The molecule has 1 aliphatic heterocycles. The van der Waals surface area contributed by atoms with Crippen LogP contribution in [0.3, 0.4) is 0 Å². The average molecular weight is 303 g/mol. The van der Waals surface area contributed by atoms with E-state index < -0.39 is 0 Å². The van der Waals surface area contributed by atoms with Gasteiger partial charge in [0, 0.05) is 26.2 Å². The van der Waals surface area contributed by atoms with Crippen LogP contribution in [0.2, 0.25) is 0 Å². The van der Waals surface area contributed by atoms with E-state index in [1.165, 1.54) is 0 Å². The fourth-order valence-electron chi connectivity index (χ4n) is 2.09. The lowest BCUT2D eigenvalue weighted by atomic mass is 10.3. The number of hydrogen-bond donors (Lipinski definition) is 1. The third-order valence-electron chi connectivity index (χ3n) is 3.22. The van der Waals surface area contributed by atoms with Crippen LogP contribution in [0.5, 0.6) is 11.5 Å². The van der Waals surface area contributed by atoms with Crippen LogP contribution in [0.1, 0.15) is 0 Å². The molecule has 0 bridgehead atoms. The molecule has 1 saturated heterocycles. The Morgan fingerprint density at radius 2 is 2.00 bits per heavy atom. The molecule has 0 aromatic heterocycles. The summed E-state index contributed by atoms with van der Waals surface area (Å²) in [6.45, 7) is 4.74. The summed E-state index contributed by atoms with van der Waals surface area (Å²) >= 11 is 0. The van der Waals surface area contributed by atoms with Gasteiger partial charge in [-0.25, -0.2) is 0 Å². The van der Waals surface area contributed by atoms with Gasteiger partial charge >= 0.3 is 0 Å². The molecule has 1 aromatic carbocycles. The molecular weight excluding hydrogens is 280 g/mol. The molecule has 1 unspecified atom stereocenters. The zero-order chi connectivity index (χ0) is 13.5. The first kappa shape index (κ1) is 17.0. The molecule has 0 spiro atoms. The smallest absolute Gasteiger partial charge is 0.119 e. The SMILES string of the molecule is COc1ccc(OCCN2CCOC(CN)C2)cc1.Cl. The van der Waals surface area contributed by atoms with E-state index in [-0.39, 0.29) is 18.5 Å². The van der Waals surface area contributed by atoms with Crippen molar-refractivity contribution in [3.05, 3.63) is 24.3 Å². The summed E-state index contributed by atoms with van der Waals surface area (Å²) in [5.41, 5.74) is 5.62.